The average molecular weight is 398 g/mol. The van der Waals surface area contributed by atoms with E-state index in [0.29, 0.717) is 6.42 Å². The van der Waals surface area contributed by atoms with E-state index in [1.807, 2.05) is 0 Å². The van der Waals surface area contributed by atoms with Crippen LogP contribution in [0.15, 0.2) is 0 Å². The molecule has 1 amide bonds. The van der Waals surface area contributed by atoms with Gasteiger partial charge in [-0.1, -0.05) is 116 Å². The van der Waals surface area contributed by atoms with Crippen molar-refractivity contribution in [3.05, 3.63) is 0 Å². The van der Waals surface area contributed by atoms with Crippen LogP contribution in [0.25, 0.3) is 0 Å². The van der Waals surface area contributed by atoms with Crippen molar-refractivity contribution in [3.8, 4) is 0 Å². The van der Waals surface area contributed by atoms with Gasteiger partial charge in [-0.2, -0.15) is 0 Å². The van der Waals surface area contributed by atoms with E-state index < -0.39 is 12.0 Å². The van der Waals surface area contributed by atoms with Gasteiger partial charge in [-0.25, -0.2) is 0 Å². The number of carbonyl (C=O) groups excluding carboxylic acids is 1. The molecule has 4 heteroatoms. The first-order valence-electron chi connectivity index (χ1n) is 12.1. The Hall–Kier alpha value is -1.06. The number of carboxylic acids is 1. The summed E-state index contributed by atoms with van der Waals surface area (Å²) >= 11 is 0. The fraction of sp³-hybridized carbons (Fsp3) is 0.917. The van der Waals surface area contributed by atoms with Crippen molar-refractivity contribution in [2.24, 2.45) is 0 Å². The summed E-state index contributed by atoms with van der Waals surface area (Å²) in [5.41, 5.74) is 0. The SMILES string of the molecule is CCCCCCCCCCCCCCCCCCCCC(=O)NC(C)C(=O)O. The average Bonchev–Trinajstić information content (AvgIpc) is 2.66. The molecule has 0 aromatic carbocycles. The van der Waals surface area contributed by atoms with Crippen molar-refractivity contribution < 1.29 is 14.7 Å². The van der Waals surface area contributed by atoms with Crippen LogP contribution in [0.2, 0.25) is 0 Å². The Morgan fingerprint density at radius 3 is 1.29 bits per heavy atom. The second kappa shape index (κ2) is 20.7. The molecule has 0 heterocycles. The van der Waals surface area contributed by atoms with Gasteiger partial charge in [0.05, 0.1) is 0 Å². The first-order chi connectivity index (χ1) is 13.6. The predicted octanol–water partition coefficient (Wildman–Crippen LogP) is 7.01. The quantitative estimate of drug-likeness (QED) is 0.205. The minimum Gasteiger partial charge on any atom is -0.480 e. The van der Waals surface area contributed by atoms with E-state index in [0.717, 1.165) is 12.8 Å². The highest BCUT2D eigenvalue weighted by Crippen LogP contribution is 2.14. The van der Waals surface area contributed by atoms with Gasteiger partial charge < -0.3 is 10.4 Å². The Morgan fingerprint density at radius 2 is 0.964 bits per heavy atom. The smallest absolute Gasteiger partial charge is 0.325 e. The van der Waals surface area contributed by atoms with Gasteiger partial charge in [0.25, 0.3) is 0 Å². The van der Waals surface area contributed by atoms with Crippen molar-refractivity contribution in [2.45, 2.75) is 142 Å². The number of amides is 1. The molecule has 2 N–H and O–H groups in total. The number of hydrogen-bond donors (Lipinski definition) is 2. The molecule has 0 rings (SSSR count). The molecule has 0 radical (unpaired) electrons. The molecule has 4 nitrogen and oxygen atoms in total. The van der Waals surface area contributed by atoms with E-state index in [-0.39, 0.29) is 5.91 Å². The Labute approximate surface area is 174 Å². The summed E-state index contributed by atoms with van der Waals surface area (Å²) < 4.78 is 0. The highest BCUT2D eigenvalue weighted by atomic mass is 16.4. The number of nitrogens with one attached hydrogen (secondary N) is 1. The van der Waals surface area contributed by atoms with Crippen molar-refractivity contribution in [1.82, 2.24) is 5.32 Å². The van der Waals surface area contributed by atoms with Gasteiger partial charge in [0, 0.05) is 6.42 Å². The lowest BCUT2D eigenvalue weighted by atomic mass is 10.0. The summed E-state index contributed by atoms with van der Waals surface area (Å²) in [4.78, 5) is 22.2. The van der Waals surface area contributed by atoms with E-state index in [1.54, 1.807) is 0 Å². The summed E-state index contributed by atoms with van der Waals surface area (Å²) in [5.74, 6) is -1.13. The fourth-order valence-electron chi connectivity index (χ4n) is 3.56. The molecule has 1 atom stereocenters. The third kappa shape index (κ3) is 19.7. The lowest BCUT2D eigenvalue weighted by molar-refractivity contribution is -0.141. The van der Waals surface area contributed by atoms with E-state index in [4.69, 9.17) is 5.11 Å². The van der Waals surface area contributed by atoms with Crippen LogP contribution in [0.4, 0.5) is 0 Å². The van der Waals surface area contributed by atoms with E-state index in [9.17, 15) is 9.59 Å². The fourth-order valence-corrected chi connectivity index (χ4v) is 3.56. The number of hydrogen-bond acceptors (Lipinski definition) is 2. The summed E-state index contributed by atoms with van der Waals surface area (Å²) in [5, 5.41) is 11.2. The van der Waals surface area contributed by atoms with E-state index >= 15 is 0 Å². The lowest BCUT2D eigenvalue weighted by Gasteiger charge is -2.08. The molecule has 0 aliphatic carbocycles. The van der Waals surface area contributed by atoms with Gasteiger partial charge in [-0.15, -0.1) is 0 Å². The van der Waals surface area contributed by atoms with Gasteiger partial charge in [-0.05, 0) is 13.3 Å². The van der Waals surface area contributed by atoms with Crippen LogP contribution >= 0.6 is 0 Å². The summed E-state index contributed by atoms with van der Waals surface area (Å²) in [7, 11) is 0. The largest absolute Gasteiger partial charge is 0.480 e. The molecule has 0 saturated heterocycles. The second-order valence-corrected chi connectivity index (χ2v) is 8.39. The Balaban J connectivity index is 3.16. The topological polar surface area (TPSA) is 66.4 Å². The molecule has 0 bridgehead atoms. The third-order valence-corrected chi connectivity index (χ3v) is 5.51. The maximum absolute atomic E-state index is 11.6. The maximum Gasteiger partial charge on any atom is 0.325 e. The highest BCUT2D eigenvalue weighted by molar-refractivity contribution is 5.83. The molecule has 1 unspecified atom stereocenters. The predicted molar refractivity (Wildman–Crippen MR) is 119 cm³/mol. The summed E-state index contributed by atoms with van der Waals surface area (Å²) in [6, 6.07) is -0.789. The first-order valence-corrected chi connectivity index (χ1v) is 12.1. The van der Waals surface area contributed by atoms with E-state index in [2.05, 4.69) is 12.2 Å². The van der Waals surface area contributed by atoms with Gasteiger partial charge in [0.15, 0.2) is 0 Å². The van der Waals surface area contributed by atoms with Crippen LogP contribution in [0, 0.1) is 0 Å². The van der Waals surface area contributed by atoms with E-state index in [1.165, 1.54) is 110 Å². The van der Waals surface area contributed by atoms with Gasteiger partial charge in [-0.3, -0.25) is 9.59 Å². The Kier molecular flexibility index (Phi) is 19.9. The standard InChI is InChI=1S/C24H47NO3/c1-3-4-5-6-7-8-9-10-11-12-13-14-15-16-17-18-19-20-21-23(26)25-22(2)24(27)28/h22H,3-21H2,1-2H3,(H,25,26)(H,27,28). The van der Waals surface area contributed by atoms with Crippen LogP contribution < -0.4 is 5.32 Å². The van der Waals surface area contributed by atoms with Crippen molar-refractivity contribution in [2.75, 3.05) is 0 Å². The third-order valence-electron chi connectivity index (χ3n) is 5.51. The van der Waals surface area contributed by atoms with Crippen LogP contribution in [0.1, 0.15) is 136 Å². The Bertz CT molecular complexity index is 371. The number of rotatable bonds is 21. The van der Waals surface area contributed by atoms with Gasteiger partial charge >= 0.3 is 5.97 Å². The second-order valence-electron chi connectivity index (χ2n) is 8.39. The molecule has 0 fully saturated rings. The monoisotopic (exact) mass is 397 g/mol. The lowest BCUT2D eigenvalue weighted by Crippen LogP contribution is -2.38. The van der Waals surface area contributed by atoms with Crippen LogP contribution in [0.5, 0.6) is 0 Å². The zero-order valence-corrected chi connectivity index (χ0v) is 18.8. The molecule has 0 aliphatic heterocycles. The molecule has 0 spiro atoms. The number of unbranched alkanes of at least 4 members (excludes halogenated alkanes) is 17. The Morgan fingerprint density at radius 1 is 0.643 bits per heavy atom. The van der Waals surface area contributed by atoms with Crippen LogP contribution in [0.3, 0.4) is 0 Å². The normalized spacial score (nSPS) is 12.1. The molecule has 166 valence electrons. The molecule has 0 aliphatic rings. The molecule has 0 aromatic rings. The van der Waals surface area contributed by atoms with Gasteiger partial charge in [0.2, 0.25) is 5.91 Å². The molecule has 0 aromatic heterocycles. The maximum atomic E-state index is 11.6. The van der Waals surface area contributed by atoms with Gasteiger partial charge in [0.1, 0.15) is 6.04 Å². The molecular weight excluding hydrogens is 350 g/mol. The van der Waals surface area contributed by atoms with Crippen molar-refractivity contribution >= 4 is 11.9 Å². The highest BCUT2D eigenvalue weighted by Gasteiger charge is 2.12. The number of carboxylic acid groups (broad SMARTS) is 1. The minimum absolute atomic E-state index is 0.147. The minimum atomic E-state index is -0.980. The van der Waals surface area contributed by atoms with Crippen LogP contribution in [-0.2, 0) is 9.59 Å². The number of carbonyl (C=O) groups is 2. The molecule has 28 heavy (non-hydrogen) atoms. The first kappa shape index (κ1) is 26.9. The van der Waals surface area contributed by atoms with Crippen molar-refractivity contribution in [1.29, 1.82) is 0 Å². The molecule has 0 saturated carbocycles. The summed E-state index contributed by atoms with van der Waals surface area (Å²) in [6.07, 6.45) is 24.4. The zero-order chi connectivity index (χ0) is 20.9. The van der Waals surface area contributed by atoms with Crippen molar-refractivity contribution in [3.63, 3.8) is 0 Å². The number of aliphatic carboxylic acids is 1. The summed E-state index contributed by atoms with van der Waals surface area (Å²) in [6.45, 7) is 3.77. The molecular formula is C24H47NO3. The zero-order valence-electron chi connectivity index (χ0n) is 18.8. The van der Waals surface area contributed by atoms with Crippen LogP contribution in [-0.4, -0.2) is 23.0 Å².